The minimum absolute atomic E-state index is 0.0333. The maximum absolute atomic E-state index is 12.9. The predicted molar refractivity (Wildman–Crippen MR) is 90.5 cm³/mol. The summed E-state index contributed by atoms with van der Waals surface area (Å²) in [6, 6.07) is 1.92. The molecule has 6 nitrogen and oxygen atoms in total. The van der Waals surface area contributed by atoms with E-state index in [0.29, 0.717) is 37.2 Å². The molecule has 23 heavy (non-hydrogen) atoms. The number of carbonyl (C=O) groups is 1. The number of aryl methyl sites for hydroxylation is 1. The summed E-state index contributed by atoms with van der Waals surface area (Å²) in [6.07, 6.45) is 0. The molecule has 1 aliphatic rings. The molecular weight excluding hydrogens is 292 g/mol. The highest BCUT2D eigenvalue weighted by Crippen LogP contribution is 2.26. The molecule has 1 aromatic heterocycles. The van der Waals surface area contributed by atoms with Crippen molar-refractivity contribution in [2.24, 2.45) is 11.8 Å². The first-order valence-electron chi connectivity index (χ1n) is 8.49. The van der Waals surface area contributed by atoms with Crippen LogP contribution >= 0.6 is 0 Å². The standard InChI is InChI=1S/C17H30N4O2/c1-6-21-16(7-15(18-21)12(2)3)17(23)20-9-13(8-19(4)5)14(10-20)11-22/h7,12-14,22H,6,8-11H2,1-5H3/t13-,14-/m1/s1. The number of hydrogen-bond acceptors (Lipinski definition) is 4. The fraction of sp³-hybridized carbons (Fsp3) is 0.765. The zero-order valence-corrected chi connectivity index (χ0v) is 15.0. The van der Waals surface area contributed by atoms with Crippen LogP contribution in [0.2, 0.25) is 0 Å². The Morgan fingerprint density at radius 1 is 1.39 bits per heavy atom. The molecule has 1 amide bonds. The number of aliphatic hydroxyl groups is 1. The van der Waals surface area contributed by atoms with Crippen molar-refractivity contribution in [2.75, 3.05) is 40.3 Å². The Morgan fingerprint density at radius 3 is 2.57 bits per heavy atom. The van der Waals surface area contributed by atoms with Crippen LogP contribution < -0.4 is 0 Å². The lowest BCUT2D eigenvalue weighted by atomic mass is 9.97. The van der Waals surface area contributed by atoms with Crippen molar-refractivity contribution in [3.8, 4) is 0 Å². The number of aliphatic hydroxyl groups excluding tert-OH is 1. The highest BCUT2D eigenvalue weighted by molar-refractivity contribution is 5.93. The fourth-order valence-corrected chi connectivity index (χ4v) is 3.28. The van der Waals surface area contributed by atoms with Crippen LogP contribution in [0.1, 0.15) is 42.9 Å². The van der Waals surface area contributed by atoms with Crippen LogP contribution in [-0.2, 0) is 6.54 Å². The second kappa shape index (κ2) is 7.45. The second-order valence-electron chi connectivity index (χ2n) is 7.10. The van der Waals surface area contributed by atoms with Gasteiger partial charge in [-0.15, -0.1) is 0 Å². The van der Waals surface area contributed by atoms with Gasteiger partial charge in [-0.2, -0.15) is 5.10 Å². The average Bonchev–Trinajstić information content (AvgIpc) is 3.09. The third kappa shape index (κ3) is 3.93. The molecule has 0 aliphatic carbocycles. The lowest BCUT2D eigenvalue weighted by molar-refractivity contribution is 0.0767. The molecule has 0 radical (unpaired) electrons. The Balaban J connectivity index is 2.17. The van der Waals surface area contributed by atoms with E-state index in [9.17, 15) is 9.90 Å². The van der Waals surface area contributed by atoms with Gasteiger partial charge in [0.1, 0.15) is 5.69 Å². The molecule has 0 saturated carbocycles. The number of hydrogen-bond donors (Lipinski definition) is 1. The Morgan fingerprint density at radius 2 is 2.04 bits per heavy atom. The first-order valence-corrected chi connectivity index (χ1v) is 8.49. The van der Waals surface area contributed by atoms with Crippen molar-refractivity contribution in [3.63, 3.8) is 0 Å². The topological polar surface area (TPSA) is 61.6 Å². The molecule has 1 N–H and O–H groups in total. The predicted octanol–water partition coefficient (Wildman–Crippen LogP) is 1.27. The molecular formula is C17H30N4O2. The molecule has 1 fully saturated rings. The fourth-order valence-electron chi connectivity index (χ4n) is 3.28. The average molecular weight is 322 g/mol. The normalized spacial score (nSPS) is 21.7. The quantitative estimate of drug-likeness (QED) is 0.857. The molecule has 0 unspecified atom stereocenters. The van der Waals surface area contributed by atoms with Gasteiger partial charge in [-0.05, 0) is 38.9 Å². The van der Waals surface area contributed by atoms with E-state index in [1.54, 1.807) is 4.68 Å². The van der Waals surface area contributed by atoms with Crippen molar-refractivity contribution in [1.29, 1.82) is 0 Å². The summed E-state index contributed by atoms with van der Waals surface area (Å²) < 4.78 is 1.80. The van der Waals surface area contributed by atoms with Gasteiger partial charge in [0.2, 0.25) is 0 Å². The van der Waals surface area contributed by atoms with Crippen LogP contribution in [-0.4, -0.2) is 70.9 Å². The van der Waals surface area contributed by atoms with Gasteiger partial charge in [0.15, 0.2) is 0 Å². The summed E-state index contributed by atoms with van der Waals surface area (Å²) >= 11 is 0. The Hall–Kier alpha value is -1.40. The van der Waals surface area contributed by atoms with E-state index >= 15 is 0 Å². The highest BCUT2D eigenvalue weighted by atomic mass is 16.3. The third-order valence-electron chi connectivity index (χ3n) is 4.61. The smallest absolute Gasteiger partial charge is 0.272 e. The van der Waals surface area contributed by atoms with Crippen LogP contribution in [0.15, 0.2) is 6.07 Å². The van der Waals surface area contributed by atoms with Crippen molar-refractivity contribution in [2.45, 2.75) is 33.2 Å². The highest BCUT2D eigenvalue weighted by Gasteiger charge is 2.36. The zero-order valence-electron chi connectivity index (χ0n) is 15.0. The summed E-state index contributed by atoms with van der Waals surface area (Å²) in [6.45, 7) is 9.21. The van der Waals surface area contributed by atoms with Crippen LogP contribution in [0.5, 0.6) is 0 Å². The monoisotopic (exact) mass is 322 g/mol. The Labute approximate surface area is 139 Å². The van der Waals surface area contributed by atoms with E-state index in [0.717, 1.165) is 12.2 Å². The molecule has 1 aromatic rings. The molecule has 0 bridgehead atoms. The summed E-state index contributed by atoms with van der Waals surface area (Å²) in [5.74, 6) is 0.816. The zero-order chi connectivity index (χ0) is 17.1. The lowest BCUT2D eigenvalue weighted by Gasteiger charge is -2.20. The van der Waals surface area contributed by atoms with Gasteiger partial charge >= 0.3 is 0 Å². The molecule has 2 atom stereocenters. The largest absolute Gasteiger partial charge is 0.396 e. The Bertz CT molecular complexity index is 539. The first-order chi connectivity index (χ1) is 10.9. The first kappa shape index (κ1) is 17.9. The number of nitrogens with zero attached hydrogens (tertiary/aromatic N) is 4. The summed E-state index contributed by atoms with van der Waals surface area (Å²) in [5.41, 5.74) is 1.62. The van der Waals surface area contributed by atoms with Gasteiger partial charge in [-0.25, -0.2) is 0 Å². The van der Waals surface area contributed by atoms with Gasteiger partial charge in [0.05, 0.1) is 5.69 Å². The minimum Gasteiger partial charge on any atom is -0.396 e. The maximum Gasteiger partial charge on any atom is 0.272 e. The number of amides is 1. The van der Waals surface area contributed by atoms with Gasteiger partial charge < -0.3 is 14.9 Å². The molecule has 2 rings (SSSR count). The summed E-state index contributed by atoms with van der Waals surface area (Å²) in [5, 5.41) is 14.2. The molecule has 1 saturated heterocycles. The van der Waals surface area contributed by atoms with Crippen molar-refractivity contribution >= 4 is 5.91 Å². The van der Waals surface area contributed by atoms with E-state index in [-0.39, 0.29) is 18.4 Å². The summed E-state index contributed by atoms with van der Waals surface area (Å²) in [7, 11) is 4.06. The van der Waals surface area contributed by atoms with Crippen molar-refractivity contribution in [1.82, 2.24) is 19.6 Å². The molecule has 6 heteroatoms. The van der Waals surface area contributed by atoms with Crippen LogP contribution in [0.3, 0.4) is 0 Å². The molecule has 130 valence electrons. The van der Waals surface area contributed by atoms with E-state index in [1.807, 2.05) is 32.0 Å². The molecule has 0 spiro atoms. The molecule has 0 aromatic carbocycles. The summed E-state index contributed by atoms with van der Waals surface area (Å²) in [4.78, 5) is 16.9. The number of likely N-dealkylation sites (tertiary alicyclic amines) is 1. The van der Waals surface area contributed by atoms with Crippen molar-refractivity contribution < 1.29 is 9.90 Å². The molecule has 1 aliphatic heterocycles. The van der Waals surface area contributed by atoms with Crippen LogP contribution in [0.4, 0.5) is 0 Å². The third-order valence-corrected chi connectivity index (χ3v) is 4.61. The van der Waals surface area contributed by atoms with Gasteiger partial charge in [0, 0.05) is 38.7 Å². The van der Waals surface area contributed by atoms with E-state index in [2.05, 4.69) is 23.8 Å². The van der Waals surface area contributed by atoms with E-state index in [1.165, 1.54) is 0 Å². The minimum atomic E-state index is 0.0333. The Kier molecular flexibility index (Phi) is 5.81. The van der Waals surface area contributed by atoms with Gasteiger partial charge in [0.25, 0.3) is 5.91 Å². The number of carbonyl (C=O) groups excluding carboxylic acids is 1. The lowest BCUT2D eigenvalue weighted by Crippen LogP contribution is -2.32. The number of rotatable bonds is 6. The van der Waals surface area contributed by atoms with Crippen LogP contribution in [0, 0.1) is 11.8 Å². The SMILES string of the molecule is CCn1nc(C(C)C)cc1C(=O)N1C[C@@H](CN(C)C)[C@@H](CO)C1. The van der Waals surface area contributed by atoms with Crippen LogP contribution in [0.25, 0.3) is 0 Å². The van der Waals surface area contributed by atoms with Gasteiger partial charge in [-0.1, -0.05) is 13.8 Å². The van der Waals surface area contributed by atoms with Gasteiger partial charge in [-0.3, -0.25) is 9.48 Å². The van der Waals surface area contributed by atoms with E-state index in [4.69, 9.17) is 0 Å². The van der Waals surface area contributed by atoms with E-state index < -0.39 is 0 Å². The number of aromatic nitrogens is 2. The van der Waals surface area contributed by atoms with Crippen molar-refractivity contribution in [3.05, 3.63) is 17.5 Å². The second-order valence-corrected chi connectivity index (χ2v) is 7.10. The maximum atomic E-state index is 12.9. The molecule has 2 heterocycles.